The summed E-state index contributed by atoms with van der Waals surface area (Å²) >= 11 is 0. The van der Waals surface area contributed by atoms with E-state index in [2.05, 4.69) is 15.5 Å². The van der Waals surface area contributed by atoms with Crippen molar-refractivity contribution >= 4 is 17.6 Å². The molecule has 0 aliphatic heterocycles. The Morgan fingerprint density at radius 2 is 1.96 bits per heavy atom. The fourth-order valence-corrected chi connectivity index (χ4v) is 2.38. The van der Waals surface area contributed by atoms with Crippen molar-refractivity contribution in [2.75, 3.05) is 5.32 Å². The summed E-state index contributed by atoms with van der Waals surface area (Å²) in [5.74, 6) is -0.703. The van der Waals surface area contributed by atoms with Gasteiger partial charge in [0.05, 0.1) is 11.3 Å². The van der Waals surface area contributed by atoms with Crippen molar-refractivity contribution in [2.24, 2.45) is 0 Å². The molecule has 0 spiro atoms. The third kappa shape index (κ3) is 3.72. The van der Waals surface area contributed by atoms with Gasteiger partial charge in [0.2, 0.25) is 5.89 Å². The van der Waals surface area contributed by atoms with Gasteiger partial charge < -0.3 is 4.42 Å². The molecule has 1 amide bonds. The summed E-state index contributed by atoms with van der Waals surface area (Å²) in [6.45, 7) is 1.49. The van der Waals surface area contributed by atoms with Crippen LogP contribution in [-0.4, -0.2) is 21.0 Å². The number of nitrogens with zero attached hydrogens (tertiary/aromatic N) is 3. The van der Waals surface area contributed by atoms with Crippen molar-refractivity contribution in [3.63, 3.8) is 0 Å². The molecule has 0 bridgehead atoms. The number of nitro groups is 1. The first kappa shape index (κ1) is 17.2. The molecule has 9 heteroatoms. The van der Waals surface area contributed by atoms with Crippen molar-refractivity contribution < 1.29 is 18.5 Å². The maximum absolute atomic E-state index is 12.9. The standard InChI is InChI=1S/C17H13FN4O4/c1-10-13(3-2-4-14(10)22(24)25)16(23)19-17-21-20-15(26-17)9-11-5-7-12(18)8-6-11/h2-8H,9H2,1H3,(H,19,21,23). The summed E-state index contributed by atoms with van der Waals surface area (Å²) in [5, 5.41) is 20.9. The number of anilines is 1. The van der Waals surface area contributed by atoms with Crippen LogP contribution >= 0.6 is 0 Å². The van der Waals surface area contributed by atoms with Crippen LogP contribution in [0.4, 0.5) is 16.1 Å². The molecule has 0 saturated carbocycles. The van der Waals surface area contributed by atoms with Gasteiger partial charge in [0, 0.05) is 17.2 Å². The van der Waals surface area contributed by atoms with Crippen LogP contribution in [0.25, 0.3) is 0 Å². The molecule has 0 unspecified atom stereocenters. The SMILES string of the molecule is Cc1c(C(=O)Nc2nnc(Cc3ccc(F)cc3)o2)cccc1[N+](=O)[O-]. The summed E-state index contributed by atoms with van der Waals surface area (Å²) < 4.78 is 18.2. The molecule has 3 rings (SSSR count). The highest BCUT2D eigenvalue weighted by molar-refractivity contribution is 6.04. The van der Waals surface area contributed by atoms with Crippen LogP contribution in [-0.2, 0) is 6.42 Å². The molecule has 26 heavy (non-hydrogen) atoms. The molecule has 1 aromatic heterocycles. The van der Waals surface area contributed by atoms with Crippen LogP contribution in [0.1, 0.15) is 27.4 Å². The molecule has 0 radical (unpaired) electrons. The highest BCUT2D eigenvalue weighted by Crippen LogP contribution is 2.22. The number of nitrogens with one attached hydrogen (secondary N) is 1. The predicted octanol–water partition coefficient (Wildman–Crippen LogP) is 3.27. The quantitative estimate of drug-likeness (QED) is 0.555. The molecule has 0 fully saturated rings. The van der Waals surface area contributed by atoms with Crippen LogP contribution in [0.15, 0.2) is 46.9 Å². The topological polar surface area (TPSA) is 111 Å². The number of carbonyl (C=O) groups is 1. The van der Waals surface area contributed by atoms with E-state index in [9.17, 15) is 19.3 Å². The molecule has 132 valence electrons. The highest BCUT2D eigenvalue weighted by atomic mass is 19.1. The van der Waals surface area contributed by atoms with Crippen molar-refractivity contribution in [2.45, 2.75) is 13.3 Å². The lowest BCUT2D eigenvalue weighted by Crippen LogP contribution is -2.14. The van der Waals surface area contributed by atoms with Gasteiger partial charge in [0.1, 0.15) is 5.82 Å². The second-order valence-corrected chi connectivity index (χ2v) is 5.47. The van der Waals surface area contributed by atoms with E-state index in [1.54, 1.807) is 12.1 Å². The number of amides is 1. The lowest BCUT2D eigenvalue weighted by molar-refractivity contribution is -0.385. The zero-order chi connectivity index (χ0) is 18.7. The van der Waals surface area contributed by atoms with E-state index < -0.39 is 10.8 Å². The molecule has 0 atom stereocenters. The Morgan fingerprint density at radius 3 is 2.65 bits per heavy atom. The fraction of sp³-hybridized carbons (Fsp3) is 0.118. The second-order valence-electron chi connectivity index (χ2n) is 5.47. The van der Waals surface area contributed by atoms with E-state index in [-0.39, 0.29) is 41.0 Å². The largest absolute Gasteiger partial charge is 0.407 e. The van der Waals surface area contributed by atoms with E-state index in [0.717, 1.165) is 5.56 Å². The number of nitro benzene ring substituents is 1. The molecular weight excluding hydrogens is 343 g/mol. The zero-order valence-corrected chi connectivity index (χ0v) is 13.6. The second kappa shape index (κ2) is 7.09. The first-order valence-corrected chi connectivity index (χ1v) is 7.56. The van der Waals surface area contributed by atoms with Gasteiger partial charge in [0.25, 0.3) is 11.6 Å². The minimum Gasteiger partial charge on any atom is -0.407 e. The lowest BCUT2D eigenvalue weighted by atomic mass is 10.1. The maximum Gasteiger partial charge on any atom is 0.322 e. The van der Waals surface area contributed by atoms with Crippen LogP contribution in [0, 0.1) is 22.9 Å². The van der Waals surface area contributed by atoms with Crippen LogP contribution < -0.4 is 5.32 Å². The van der Waals surface area contributed by atoms with Gasteiger partial charge >= 0.3 is 6.01 Å². The summed E-state index contributed by atoms with van der Waals surface area (Å²) in [7, 11) is 0. The van der Waals surface area contributed by atoms with Gasteiger partial charge in [-0.15, -0.1) is 5.10 Å². The smallest absolute Gasteiger partial charge is 0.322 e. The van der Waals surface area contributed by atoms with Gasteiger partial charge in [-0.2, -0.15) is 0 Å². The lowest BCUT2D eigenvalue weighted by Gasteiger charge is -2.04. The Bertz CT molecular complexity index is 969. The Balaban J connectivity index is 1.73. The van der Waals surface area contributed by atoms with Crippen LogP contribution in [0.2, 0.25) is 0 Å². The normalized spacial score (nSPS) is 10.5. The average molecular weight is 356 g/mol. The van der Waals surface area contributed by atoms with Gasteiger partial charge in [-0.1, -0.05) is 23.3 Å². The first-order chi connectivity index (χ1) is 12.4. The van der Waals surface area contributed by atoms with E-state index >= 15 is 0 Å². The Kier molecular flexibility index (Phi) is 4.70. The Labute approximate surface area is 146 Å². The first-order valence-electron chi connectivity index (χ1n) is 7.56. The molecule has 2 aromatic carbocycles. The van der Waals surface area contributed by atoms with Crippen molar-refractivity contribution in [1.82, 2.24) is 10.2 Å². The molecule has 8 nitrogen and oxygen atoms in total. The fourth-order valence-electron chi connectivity index (χ4n) is 2.38. The van der Waals surface area contributed by atoms with E-state index in [1.807, 2.05) is 0 Å². The Morgan fingerprint density at radius 1 is 1.23 bits per heavy atom. The van der Waals surface area contributed by atoms with Crippen molar-refractivity contribution in [1.29, 1.82) is 0 Å². The number of aromatic nitrogens is 2. The van der Waals surface area contributed by atoms with Crippen molar-refractivity contribution in [3.8, 4) is 0 Å². The summed E-state index contributed by atoms with van der Waals surface area (Å²) in [6, 6.07) is 9.90. The Hall–Kier alpha value is -3.62. The van der Waals surface area contributed by atoms with E-state index in [0.29, 0.717) is 0 Å². The third-order valence-electron chi connectivity index (χ3n) is 3.70. The maximum atomic E-state index is 12.9. The molecular formula is C17H13FN4O4. The third-order valence-corrected chi connectivity index (χ3v) is 3.70. The number of carbonyl (C=O) groups excluding carboxylic acids is 1. The summed E-state index contributed by atoms with van der Waals surface area (Å²) in [5.41, 5.74) is 0.987. The van der Waals surface area contributed by atoms with Gasteiger partial charge in [0.15, 0.2) is 0 Å². The van der Waals surface area contributed by atoms with Crippen molar-refractivity contribution in [3.05, 3.63) is 81.0 Å². The molecule has 3 aromatic rings. The summed E-state index contributed by atoms with van der Waals surface area (Å²) in [6.07, 6.45) is 0.277. The molecule has 1 N–H and O–H groups in total. The van der Waals surface area contributed by atoms with Gasteiger partial charge in [-0.05, 0) is 30.7 Å². The molecule has 0 aliphatic rings. The minimum atomic E-state index is -0.594. The van der Waals surface area contributed by atoms with Gasteiger partial charge in [-0.25, -0.2) is 4.39 Å². The number of rotatable bonds is 5. The number of hydrogen-bond acceptors (Lipinski definition) is 6. The van der Waals surface area contributed by atoms with Crippen LogP contribution in [0.5, 0.6) is 0 Å². The highest BCUT2D eigenvalue weighted by Gasteiger charge is 2.19. The average Bonchev–Trinajstić information content (AvgIpc) is 3.03. The molecule has 0 saturated heterocycles. The van der Waals surface area contributed by atoms with E-state index in [4.69, 9.17) is 4.42 Å². The number of benzene rings is 2. The molecule has 0 aliphatic carbocycles. The van der Waals surface area contributed by atoms with Crippen LogP contribution in [0.3, 0.4) is 0 Å². The van der Waals surface area contributed by atoms with E-state index in [1.165, 1.54) is 37.3 Å². The summed E-state index contributed by atoms with van der Waals surface area (Å²) in [4.78, 5) is 22.7. The predicted molar refractivity (Wildman–Crippen MR) is 89.3 cm³/mol. The molecule has 1 heterocycles. The number of hydrogen-bond donors (Lipinski definition) is 1. The number of halogens is 1. The monoisotopic (exact) mass is 356 g/mol. The minimum absolute atomic E-state index is 0.127. The van der Waals surface area contributed by atoms with Gasteiger partial charge in [-0.3, -0.25) is 20.2 Å². The zero-order valence-electron chi connectivity index (χ0n) is 13.6.